The molecule has 0 radical (unpaired) electrons. The van der Waals surface area contributed by atoms with Gasteiger partial charge in [0, 0.05) is 6.42 Å². The molecule has 4 nitrogen and oxygen atoms in total. The van der Waals surface area contributed by atoms with Crippen molar-refractivity contribution in [2.75, 3.05) is 13.2 Å². The molecule has 0 N–H and O–H groups in total. The Balaban J connectivity index is 2.52. The van der Waals surface area contributed by atoms with Crippen molar-refractivity contribution in [1.82, 2.24) is 4.90 Å². The third-order valence-electron chi connectivity index (χ3n) is 3.02. The van der Waals surface area contributed by atoms with Gasteiger partial charge in [-0.25, -0.2) is 9.69 Å². The van der Waals surface area contributed by atoms with Gasteiger partial charge in [0.05, 0.1) is 6.54 Å². The molecule has 0 aromatic rings. The lowest BCUT2D eigenvalue weighted by Crippen LogP contribution is -2.34. The third kappa shape index (κ3) is 2.94. The van der Waals surface area contributed by atoms with Crippen LogP contribution in [-0.2, 0) is 9.53 Å². The fourth-order valence-electron chi connectivity index (χ4n) is 1.30. The lowest BCUT2D eigenvalue weighted by molar-refractivity contribution is -0.129. The van der Waals surface area contributed by atoms with E-state index in [0.29, 0.717) is 19.6 Å². The third-order valence-corrected chi connectivity index (χ3v) is 3.02. The zero-order valence-corrected chi connectivity index (χ0v) is 9.87. The first kappa shape index (κ1) is 12.0. The number of ether oxygens (including phenoxy) is 1. The minimum Gasteiger partial charge on any atom is -0.447 e. The largest absolute Gasteiger partial charge is 0.447 e. The van der Waals surface area contributed by atoms with Crippen molar-refractivity contribution in [3.05, 3.63) is 0 Å². The Morgan fingerprint density at radius 2 is 2.13 bits per heavy atom. The molecule has 1 rings (SSSR count). The van der Waals surface area contributed by atoms with Crippen molar-refractivity contribution >= 4 is 12.0 Å². The number of cyclic esters (lactones) is 1. The highest BCUT2D eigenvalue weighted by molar-refractivity contribution is 5.93. The van der Waals surface area contributed by atoms with E-state index in [1.165, 1.54) is 4.90 Å². The van der Waals surface area contributed by atoms with E-state index in [4.69, 9.17) is 4.74 Å². The molecule has 2 amide bonds. The first-order chi connectivity index (χ1) is 6.82. The van der Waals surface area contributed by atoms with Gasteiger partial charge in [-0.1, -0.05) is 27.7 Å². The molecule has 4 heteroatoms. The van der Waals surface area contributed by atoms with Crippen LogP contribution in [0.3, 0.4) is 0 Å². The van der Waals surface area contributed by atoms with Gasteiger partial charge in [0.15, 0.2) is 0 Å². The van der Waals surface area contributed by atoms with Crippen molar-refractivity contribution in [3.8, 4) is 0 Å². The van der Waals surface area contributed by atoms with Crippen LogP contribution in [0.4, 0.5) is 4.79 Å². The molecule has 15 heavy (non-hydrogen) atoms. The number of imide groups is 1. The summed E-state index contributed by atoms with van der Waals surface area (Å²) in [7, 11) is 0. The van der Waals surface area contributed by atoms with Crippen LogP contribution in [0.2, 0.25) is 0 Å². The lowest BCUT2D eigenvalue weighted by atomic mass is 9.80. The Hall–Kier alpha value is -1.06. The summed E-state index contributed by atoms with van der Waals surface area (Å²) >= 11 is 0. The highest BCUT2D eigenvalue weighted by Crippen LogP contribution is 2.28. The van der Waals surface area contributed by atoms with E-state index >= 15 is 0 Å². The van der Waals surface area contributed by atoms with Crippen LogP contribution in [0.15, 0.2) is 0 Å². The van der Waals surface area contributed by atoms with Crippen molar-refractivity contribution in [1.29, 1.82) is 0 Å². The van der Waals surface area contributed by atoms with E-state index in [-0.39, 0.29) is 17.2 Å². The number of amides is 2. The van der Waals surface area contributed by atoms with E-state index in [0.717, 1.165) is 0 Å². The molecule has 0 aromatic heterocycles. The normalized spacial score (nSPS) is 18.9. The van der Waals surface area contributed by atoms with Crippen molar-refractivity contribution in [3.63, 3.8) is 0 Å². The van der Waals surface area contributed by atoms with Crippen LogP contribution in [0.25, 0.3) is 0 Å². The minimum atomic E-state index is -0.499. The molecule has 1 atom stereocenters. The van der Waals surface area contributed by atoms with Gasteiger partial charge in [-0.05, 0) is 11.3 Å². The zero-order valence-electron chi connectivity index (χ0n) is 9.87. The number of hydrogen-bond acceptors (Lipinski definition) is 3. The second-order valence-corrected chi connectivity index (χ2v) is 5.13. The van der Waals surface area contributed by atoms with Gasteiger partial charge in [0.1, 0.15) is 6.61 Å². The highest BCUT2D eigenvalue weighted by Gasteiger charge is 2.31. The standard InChI is InChI=1S/C11H19NO3/c1-8(11(2,3)4)7-9(13)12-5-6-15-10(12)14/h8H,5-7H2,1-4H3/t8-/m1/s1. The van der Waals surface area contributed by atoms with Crippen molar-refractivity contribution in [2.45, 2.75) is 34.1 Å². The van der Waals surface area contributed by atoms with Crippen molar-refractivity contribution in [2.24, 2.45) is 11.3 Å². The van der Waals surface area contributed by atoms with Gasteiger partial charge in [-0.15, -0.1) is 0 Å². The van der Waals surface area contributed by atoms with E-state index < -0.39 is 6.09 Å². The molecule has 0 aromatic carbocycles. The summed E-state index contributed by atoms with van der Waals surface area (Å²) in [5.74, 6) is 0.123. The molecule has 0 unspecified atom stereocenters. The Morgan fingerprint density at radius 3 is 2.53 bits per heavy atom. The van der Waals surface area contributed by atoms with Gasteiger partial charge in [0.2, 0.25) is 5.91 Å². The van der Waals surface area contributed by atoms with Gasteiger partial charge >= 0.3 is 6.09 Å². The molecular formula is C11H19NO3. The van der Waals surface area contributed by atoms with E-state index in [1.54, 1.807) is 0 Å². The molecule has 1 saturated heterocycles. The first-order valence-electron chi connectivity index (χ1n) is 5.29. The maximum atomic E-state index is 11.7. The van der Waals surface area contributed by atoms with Crippen molar-refractivity contribution < 1.29 is 14.3 Å². The number of rotatable bonds is 2. The van der Waals surface area contributed by atoms with E-state index in [9.17, 15) is 9.59 Å². The second kappa shape index (κ2) is 4.21. The van der Waals surface area contributed by atoms with Crippen LogP contribution < -0.4 is 0 Å². The fraction of sp³-hybridized carbons (Fsp3) is 0.818. The SMILES string of the molecule is C[C@H](CC(=O)N1CCOC1=O)C(C)(C)C. The molecule has 0 saturated carbocycles. The maximum Gasteiger partial charge on any atom is 0.416 e. The Kier molecular flexibility index (Phi) is 3.37. The molecule has 1 aliphatic rings. The monoisotopic (exact) mass is 213 g/mol. The van der Waals surface area contributed by atoms with Gasteiger partial charge in [-0.2, -0.15) is 0 Å². The lowest BCUT2D eigenvalue weighted by Gasteiger charge is -2.27. The average molecular weight is 213 g/mol. The molecule has 0 bridgehead atoms. The minimum absolute atomic E-state index is 0.0826. The molecule has 1 fully saturated rings. The fourth-order valence-corrected chi connectivity index (χ4v) is 1.30. The molecule has 86 valence electrons. The molecule has 1 aliphatic heterocycles. The van der Waals surface area contributed by atoms with Gasteiger partial charge in [-0.3, -0.25) is 4.79 Å². The first-order valence-corrected chi connectivity index (χ1v) is 5.29. The Morgan fingerprint density at radius 1 is 1.53 bits per heavy atom. The number of hydrogen-bond donors (Lipinski definition) is 0. The topological polar surface area (TPSA) is 46.6 Å². The summed E-state index contributed by atoms with van der Waals surface area (Å²) in [5, 5.41) is 0. The summed E-state index contributed by atoms with van der Waals surface area (Å²) in [6.07, 6.45) is -0.0976. The average Bonchev–Trinajstić information content (AvgIpc) is 2.49. The second-order valence-electron chi connectivity index (χ2n) is 5.13. The van der Waals surface area contributed by atoms with Gasteiger partial charge in [0.25, 0.3) is 0 Å². The van der Waals surface area contributed by atoms with Crippen LogP contribution in [0.1, 0.15) is 34.1 Å². The van der Waals surface area contributed by atoms with Crippen LogP contribution in [-0.4, -0.2) is 30.1 Å². The zero-order chi connectivity index (χ0) is 11.6. The maximum absolute atomic E-state index is 11.7. The Labute approximate surface area is 90.6 Å². The number of carbonyl (C=O) groups excluding carboxylic acids is 2. The molecule has 0 aliphatic carbocycles. The summed E-state index contributed by atoms with van der Waals surface area (Å²) in [6, 6.07) is 0. The quantitative estimate of drug-likeness (QED) is 0.705. The van der Waals surface area contributed by atoms with Crippen LogP contribution >= 0.6 is 0 Å². The Bertz CT molecular complexity index is 267. The highest BCUT2D eigenvalue weighted by atomic mass is 16.6. The molecule has 0 spiro atoms. The van der Waals surface area contributed by atoms with Crippen LogP contribution in [0, 0.1) is 11.3 Å². The van der Waals surface area contributed by atoms with E-state index in [2.05, 4.69) is 20.8 Å². The summed E-state index contributed by atoms with van der Waals surface area (Å²) < 4.78 is 4.72. The number of nitrogens with zero attached hydrogens (tertiary/aromatic N) is 1. The van der Waals surface area contributed by atoms with E-state index in [1.807, 2.05) is 6.92 Å². The predicted molar refractivity (Wildman–Crippen MR) is 56.3 cm³/mol. The van der Waals surface area contributed by atoms with Crippen LogP contribution in [0.5, 0.6) is 0 Å². The molecule has 1 heterocycles. The van der Waals surface area contributed by atoms with Gasteiger partial charge < -0.3 is 4.74 Å². The molecular weight excluding hydrogens is 194 g/mol. The predicted octanol–water partition coefficient (Wildman–Crippen LogP) is 2.04. The summed E-state index contributed by atoms with van der Waals surface area (Å²) in [4.78, 5) is 24.1. The smallest absolute Gasteiger partial charge is 0.416 e. The number of carbonyl (C=O) groups is 2. The summed E-state index contributed by atoms with van der Waals surface area (Å²) in [6.45, 7) is 9.02. The summed E-state index contributed by atoms with van der Waals surface area (Å²) in [5.41, 5.74) is 0.0826.